The van der Waals surface area contributed by atoms with E-state index in [2.05, 4.69) is 5.32 Å². The van der Waals surface area contributed by atoms with Gasteiger partial charge in [0.1, 0.15) is 5.82 Å². The van der Waals surface area contributed by atoms with Crippen molar-refractivity contribution >= 4 is 5.91 Å². The van der Waals surface area contributed by atoms with Gasteiger partial charge in [0.15, 0.2) is 0 Å². The molecule has 1 aromatic carbocycles. The minimum Gasteiger partial charge on any atom is -0.388 e. The molecule has 1 amide bonds. The van der Waals surface area contributed by atoms with Crippen LogP contribution in [0.2, 0.25) is 0 Å². The number of rotatable bonds is 5. The van der Waals surface area contributed by atoms with Crippen LogP contribution in [0.5, 0.6) is 0 Å². The SMILES string of the molecule is CC(C)CC(C)(O)CNC(=O)c1ccc(F)cc1. The second-order valence-electron chi connectivity index (χ2n) is 5.28. The summed E-state index contributed by atoms with van der Waals surface area (Å²) in [5.41, 5.74) is -0.541. The molecule has 0 aliphatic rings. The van der Waals surface area contributed by atoms with Gasteiger partial charge in [-0.3, -0.25) is 4.79 Å². The third-order valence-corrected chi connectivity index (χ3v) is 2.58. The highest BCUT2D eigenvalue weighted by Gasteiger charge is 2.22. The van der Waals surface area contributed by atoms with Crippen LogP contribution in [-0.2, 0) is 0 Å². The van der Waals surface area contributed by atoms with Crippen LogP contribution in [0.25, 0.3) is 0 Å². The zero-order valence-corrected chi connectivity index (χ0v) is 11.0. The first kappa shape index (κ1) is 14.6. The molecular formula is C14H20FNO2. The van der Waals surface area contributed by atoms with Crippen LogP contribution in [0.1, 0.15) is 37.6 Å². The highest BCUT2D eigenvalue weighted by atomic mass is 19.1. The van der Waals surface area contributed by atoms with Gasteiger partial charge in [0, 0.05) is 12.1 Å². The van der Waals surface area contributed by atoms with Crippen LogP contribution in [0.3, 0.4) is 0 Å². The predicted octanol–water partition coefficient (Wildman–Crippen LogP) is 2.35. The number of halogens is 1. The van der Waals surface area contributed by atoms with Crippen molar-refractivity contribution in [1.82, 2.24) is 5.32 Å². The van der Waals surface area contributed by atoms with E-state index in [0.717, 1.165) is 0 Å². The molecule has 0 bridgehead atoms. The van der Waals surface area contributed by atoms with E-state index in [1.807, 2.05) is 13.8 Å². The lowest BCUT2D eigenvalue weighted by molar-refractivity contribution is 0.0368. The topological polar surface area (TPSA) is 49.3 Å². The summed E-state index contributed by atoms with van der Waals surface area (Å²) in [6, 6.07) is 5.31. The van der Waals surface area contributed by atoms with Crippen molar-refractivity contribution in [2.75, 3.05) is 6.54 Å². The molecule has 1 aromatic rings. The molecule has 0 fully saturated rings. The van der Waals surface area contributed by atoms with Gasteiger partial charge in [-0.15, -0.1) is 0 Å². The Kier molecular flexibility index (Phi) is 4.84. The molecule has 2 N–H and O–H groups in total. The van der Waals surface area contributed by atoms with Crippen LogP contribution >= 0.6 is 0 Å². The van der Waals surface area contributed by atoms with Gasteiger partial charge < -0.3 is 10.4 Å². The van der Waals surface area contributed by atoms with Gasteiger partial charge in [0.2, 0.25) is 0 Å². The molecule has 100 valence electrons. The van der Waals surface area contributed by atoms with E-state index in [0.29, 0.717) is 17.9 Å². The number of carbonyl (C=O) groups is 1. The van der Waals surface area contributed by atoms with Gasteiger partial charge in [0.05, 0.1) is 5.60 Å². The average Bonchev–Trinajstić information content (AvgIpc) is 2.25. The Morgan fingerprint density at radius 2 is 1.94 bits per heavy atom. The van der Waals surface area contributed by atoms with E-state index in [-0.39, 0.29) is 18.3 Å². The van der Waals surface area contributed by atoms with Crippen molar-refractivity contribution in [2.45, 2.75) is 32.8 Å². The fraction of sp³-hybridized carbons (Fsp3) is 0.500. The summed E-state index contributed by atoms with van der Waals surface area (Å²) in [6.07, 6.45) is 0.608. The van der Waals surface area contributed by atoms with Crippen LogP contribution < -0.4 is 5.32 Å². The molecule has 0 aliphatic heterocycles. The van der Waals surface area contributed by atoms with E-state index < -0.39 is 5.60 Å². The fourth-order valence-corrected chi connectivity index (χ4v) is 1.93. The van der Waals surface area contributed by atoms with Gasteiger partial charge in [-0.2, -0.15) is 0 Å². The summed E-state index contributed by atoms with van der Waals surface area (Å²) in [4.78, 5) is 11.7. The van der Waals surface area contributed by atoms with Gasteiger partial charge in [-0.1, -0.05) is 13.8 Å². The van der Waals surface area contributed by atoms with Crippen molar-refractivity contribution in [3.8, 4) is 0 Å². The lowest BCUT2D eigenvalue weighted by Crippen LogP contribution is -2.41. The second-order valence-corrected chi connectivity index (χ2v) is 5.28. The van der Waals surface area contributed by atoms with E-state index >= 15 is 0 Å². The molecular weight excluding hydrogens is 233 g/mol. The number of benzene rings is 1. The summed E-state index contributed by atoms with van der Waals surface area (Å²) in [5, 5.41) is 12.7. The van der Waals surface area contributed by atoms with Gasteiger partial charge in [0.25, 0.3) is 5.91 Å². The molecule has 0 saturated carbocycles. The monoisotopic (exact) mass is 253 g/mol. The van der Waals surface area contributed by atoms with E-state index in [1.165, 1.54) is 24.3 Å². The van der Waals surface area contributed by atoms with Crippen LogP contribution in [0.15, 0.2) is 24.3 Å². The van der Waals surface area contributed by atoms with Crippen molar-refractivity contribution in [3.63, 3.8) is 0 Å². The Bertz CT molecular complexity index is 399. The minimum absolute atomic E-state index is 0.182. The van der Waals surface area contributed by atoms with Gasteiger partial charge >= 0.3 is 0 Å². The van der Waals surface area contributed by atoms with Crippen LogP contribution in [0.4, 0.5) is 4.39 Å². The van der Waals surface area contributed by atoms with E-state index in [9.17, 15) is 14.3 Å². The molecule has 0 radical (unpaired) electrons. The smallest absolute Gasteiger partial charge is 0.251 e. The van der Waals surface area contributed by atoms with Crippen molar-refractivity contribution < 1.29 is 14.3 Å². The summed E-state index contributed by atoms with van der Waals surface area (Å²) in [6.45, 7) is 5.89. The maximum Gasteiger partial charge on any atom is 0.251 e. The lowest BCUT2D eigenvalue weighted by Gasteiger charge is -2.25. The Morgan fingerprint density at radius 1 is 1.39 bits per heavy atom. The number of hydrogen-bond acceptors (Lipinski definition) is 2. The summed E-state index contributed by atoms with van der Waals surface area (Å²) in [7, 11) is 0. The number of aliphatic hydroxyl groups is 1. The van der Waals surface area contributed by atoms with Crippen molar-refractivity contribution in [2.24, 2.45) is 5.92 Å². The minimum atomic E-state index is -0.927. The molecule has 0 heterocycles. The fourth-order valence-electron chi connectivity index (χ4n) is 1.93. The molecule has 4 heteroatoms. The van der Waals surface area contributed by atoms with Crippen molar-refractivity contribution in [1.29, 1.82) is 0 Å². The van der Waals surface area contributed by atoms with E-state index in [4.69, 9.17) is 0 Å². The summed E-state index contributed by atoms with van der Waals surface area (Å²) >= 11 is 0. The molecule has 3 nitrogen and oxygen atoms in total. The maximum atomic E-state index is 12.7. The first-order valence-electron chi connectivity index (χ1n) is 6.06. The molecule has 1 unspecified atom stereocenters. The molecule has 0 spiro atoms. The average molecular weight is 253 g/mol. The third kappa shape index (κ3) is 4.84. The number of nitrogens with one attached hydrogen (secondary N) is 1. The van der Waals surface area contributed by atoms with Crippen LogP contribution in [-0.4, -0.2) is 23.2 Å². The normalized spacial score (nSPS) is 14.3. The molecule has 18 heavy (non-hydrogen) atoms. The molecule has 0 saturated heterocycles. The number of carbonyl (C=O) groups excluding carboxylic acids is 1. The molecule has 0 aromatic heterocycles. The van der Waals surface area contributed by atoms with Gasteiger partial charge in [-0.25, -0.2) is 4.39 Å². The van der Waals surface area contributed by atoms with E-state index in [1.54, 1.807) is 6.92 Å². The summed E-state index contributed by atoms with van der Waals surface area (Å²) in [5.74, 6) is -0.333. The molecule has 0 aliphatic carbocycles. The highest BCUT2D eigenvalue weighted by molar-refractivity contribution is 5.94. The quantitative estimate of drug-likeness (QED) is 0.846. The third-order valence-electron chi connectivity index (χ3n) is 2.58. The largest absolute Gasteiger partial charge is 0.388 e. The second kappa shape index (κ2) is 5.96. The maximum absolute atomic E-state index is 12.7. The molecule has 1 rings (SSSR count). The standard InChI is InChI=1S/C14H20FNO2/c1-10(2)8-14(3,18)9-16-13(17)11-4-6-12(15)7-5-11/h4-7,10,18H,8-9H2,1-3H3,(H,16,17). The Balaban J connectivity index is 2.53. The Hall–Kier alpha value is -1.42. The zero-order chi connectivity index (χ0) is 13.8. The van der Waals surface area contributed by atoms with Crippen LogP contribution in [0, 0.1) is 11.7 Å². The first-order chi connectivity index (χ1) is 8.30. The predicted molar refractivity (Wildman–Crippen MR) is 68.8 cm³/mol. The zero-order valence-electron chi connectivity index (χ0n) is 11.0. The summed E-state index contributed by atoms with van der Waals surface area (Å²) < 4.78 is 12.7. The Labute approximate surface area is 107 Å². The highest BCUT2D eigenvalue weighted by Crippen LogP contribution is 2.15. The molecule has 1 atom stereocenters. The van der Waals surface area contributed by atoms with Crippen molar-refractivity contribution in [3.05, 3.63) is 35.6 Å². The number of hydrogen-bond donors (Lipinski definition) is 2. The Morgan fingerprint density at radius 3 is 2.44 bits per heavy atom. The van der Waals surface area contributed by atoms with Gasteiger partial charge in [-0.05, 0) is 43.5 Å². The first-order valence-corrected chi connectivity index (χ1v) is 6.06. The lowest BCUT2D eigenvalue weighted by atomic mass is 9.94. The number of amides is 1.